The normalized spacial score (nSPS) is 13.7. The molecule has 0 atom stereocenters. The summed E-state index contributed by atoms with van der Waals surface area (Å²) in [5, 5.41) is 25.2. The van der Waals surface area contributed by atoms with Gasteiger partial charge in [0.15, 0.2) is 5.78 Å². The number of sulfonamides is 1. The predicted octanol–water partition coefficient (Wildman–Crippen LogP) is 5.05. The molecule has 0 spiro atoms. The van der Waals surface area contributed by atoms with E-state index >= 15 is 0 Å². The van der Waals surface area contributed by atoms with E-state index in [0.717, 1.165) is 16.4 Å². The van der Waals surface area contributed by atoms with Crippen molar-refractivity contribution in [2.45, 2.75) is 4.90 Å². The summed E-state index contributed by atoms with van der Waals surface area (Å²) in [7, 11) is -4.46. The van der Waals surface area contributed by atoms with Crippen LogP contribution < -0.4 is 5.32 Å². The Bertz CT molecular complexity index is 1870. The molecule has 0 fully saturated rings. The van der Waals surface area contributed by atoms with E-state index < -0.39 is 38.0 Å². The SMILES string of the molecule is O=C(CN1C(C(=O)c2ccccc2)=C(Nc2ccc([N+](=O)[O-])cc2)c2ccccc2S1(=O)=O)c1ccc([N+](=O)[O-])cc1. The minimum absolute atomic E-state index is 0.00560. The number of Topliss-reactive ketones (excluding diaryl/α,β-unsaturated/α-hetero) is 2. The van der Waals surface area contributed by atoms with E-state index in [4.69, 9.17) is 0 Å². The molecule has 1 aliphatic rings. The molecule has 0 aromatic heterocycles. The number of fused-ring (bicyclic) bond motifs is 1. The van der Waals surface area contributed by atoms with Gasteiger partial charge in [0, 0.05) is 46.6 Å². The van der Waals surface area contributed by atoms with Crippen LogP contribution in [0.4, 0.5) is 17.1 Å². The minimum atomic E-state index is -4.46. The van der Waals surface area contributed by atoms with E-state index in [9.17, 15) is 38.2 Å². The number of ketones is 2. The van der Waals surface area contributed by atoms with E-state index in [-0.39, 0.29) is 44.4 Å². The van der Waals surface area contributed by atoms with Crippen LogP contribution in [-0.2, 0) is 10.0 Å². The van der Waals surface area contributed by atoms with Crippen molar-refractivity contribution in [3.05, 3.63) is 146 Å². The third-order valence-electron chi connectivity index (χ3n) is 6.50. The maximum Gasteiger partial charge on any atom is 0.269 e. The first-order chi connectivity index (χ1) is 20.1. The van der Waals surface area contributed by atoms with E-state index in [1.807, 2.05) is 0 Å². The monoisotopic (exact) mass is 584 g/mol. The average molecular weight is 585 g/mol. The fourth-order valence-corrected chi connectivity index (χ4v) is 6.07. The van der Waals surface area contributed by atoms with Crippen LogP contribution in [-0.4, -0.2) is 40.7 Å². The fourth-order valence-electron chi connectivity index (χ4n) is 4.43. The van der Waals surface area contributed by atoms with Crippen LogP contribution in [0.15, 0.2) is 114 Å². The molecular formula is C29H20N4O8S. The smallest absolute Gasteiger partial charge is 0.269 e. The third-order valence-corrected chi connectivity index (χ3v) is 8.30. The van der Waals surface area contributed by atoms with Gasteiger partial charge in [0.05, 0.1) is 27.0 Å². The zero-order chi connectivity index (χ0) is 30.0. The maximum atomic E-state index is 14.0. The highest BCUT2D eigenvalue weighted by atomic mass is 32.2. The molecule has 0 radical (unpaired) electrons. The number of non-ortho nitro benzene ring substituents is 2. The van der Waals surface area contributed by atoms with Crippen molar-refractivity contribution >= 4 is 44.3 Å². The zero-order valence-corrected chi connectivity index (χ0v) is 22.4. The molecule has 1 aliphatic heterocycles. The number of nitrogens with zero attached hydrogens (tertiary/aromatic N) is 3. The summed E-state index contributed by atoms with van der Waals surface area (Å²) in [5.74, 6) is -1.41. The lowest BCUT2D eigenvalue weighted by Crippen LogP contribution is -2.42. The first-order valence-corrected chi connectivity index (χ1v) is 13.8. The molecule has 0 saturated carbocycles. The van der Waals surface area contributed by atoms with Gasteiger partial charge in [-0.15, -0.1) is 0 Å². The van der Waals surface area contributed by atoms with Crippen molar-refractivity contribution in [3.8, 4) is 0 Å². The molecular weight excluding hydrogens is 564 g/mol. The van der Waals surface area contributed by atoms with Crippen LogP contribution in [0.25, 0.3) is 5.70 Å². The number of carbonyl (C=O) groups excluding carboxylic acids is 2. The van der Waals surface area contributed by atoms with E-state index in [2.05, 4.69) is 5.32 Å². The lowest BCUT2D eigenvalue weighted by atomic mass is 10.0. The highest BCUT2D eigenvalue weighted by molar-refractivity contribution is 7.89. The Hall–Kier alpha value is -5.69. The van der Waals surface area contributed by atoms with Crippen LogP contribution in [0, 0.1) is 20.2 Å². The summed E-state index contributed by atoms with van der Waals surface area (Å²) in [5.41, 5.74) is -0.0477. The van der Waals surface area contributed by atoms with Gasteiger partial charge in [0.25, 0.3) is 21.4 Å². The summed E-state index contributed by atoms with van der Waals surface area (Å²) in [6.07, 6.45) is 0. The van der Waals surface area contributed by atoms with Gasteiger partial charge in [-0.1, -0.05) is 48.5 Å². The Balaban J connectivity index is 1.69. The number of nitro benzene ring substituents is 2. The second-order valence-corrected chi connectivity index (χ2v) is 10.9. The van der Waals surface area contributed by atoms with E-state index in [1.165, 1.54) is 66.7 Å². The molecule has 0 amide bonds. The van der Waals surface area contributed by atoms with Crippen LogP contribution in [0.5, 0.6) is 0 Å². The van der Waals surface area contributed by atoms with Gasteiger partial charge in [-0.25, -0.2) is 8.42 Å². The largest absolute Gasteiger partial charge is 0.353 e. The van der Waals surface area contributed by atoms with E-state index in [0.29, 0.717) is 5.69 Å². The van der Waals surface area contributed by atoms with Crippen molar-refractivity contribution in [3.63, 3.8) is 0 Å². The molecule has 4 aromatic carbocycles. The molecule has 42 heavy (non-hydrogen) atoms. The minimum Gasteiger partial charge on any atom is -0.353 e. The van der Waals surface area contributed by atoms with Crippen LogP contribution >= 0.6 is 0 Å². The van der Waals surface area contributed by atoms with Crippen LogP contribution in [0.2, 0.25) is 0 Å². The Labute approximate surface area is 238 Å². The standard InChI is InChI=1S/C29H20N4O8S/c34-25(19-10-14-22(15-11-19)32(36)37)18-31-28(29(35)20-6-2-1-3-7-20)27(24-8-4-5-9-26(24)42(31,40)41)30-21-12-16-23(17-13-21)33(38)39/h1-17,30H,18H2. The summed E-state index contributed by atoms with van der Waals surface area (Å²) in [4.78, 5) is 48.2. The number of allylic oxidation sites excluding steroid dienone is 1. The second-order valence-electron chi connectivity index (χ2n) is 9.08. The molecule has 0 aliphatic carbocycles. The molecule has 0 bridgehead atoms. The average Bonchev–Trinajstić information content (AvgIpc) is 3.00. The predicted molar refractivity (Wildman–Crippen MR) is 152 cm³/mol. The first-order valence-electron chi connectivity index (χ1n) is 12.3. The Kier molecular flexibility index (Phi) is 7.34. The van der Waals surface area contributed by atoms with Crippen molar-refractivity contribution in [1.29, 1.82) is 0 Å². The van der Waals surface area contributed by atoms with Gasteiger partial charge in [0.1, 0.15) is 5.70 Å². The zero-order valence-electron chi connectivity index (χ0n) is 21.5. The maximum absolute atomic E-state index is 14.0. The number of benzene rings is 4. The molecule has 210 valence electrons. The van der Waals surface area contributed by atoms with Gasteiger partial charge in [0.2, 0.25) is 5.78 Å². The summed E-state index contributed by atoms with van der Waals surface area (Å²) in [6, 6.07) is 23.8. The van der Waals surface area contributed by atoms with Crippen molar-refractivity contribution in [1.82, 2.24) is 4.31 Å². The number of rotatable bonds is 9. The van der Waals surface area contributed by atoms with E-state index in [1.54, 1.807) is 24.3 Å². The van der Waals surface area contributed by atoms with Gasteiger partial charge < -0.3 is 5.32 Å². The summed E-state index contributed by atoms with van der Waals surface area (Å²) < 4.78 is 28.7. The Morgan fingerprint density at radius 3 is 1.86 bits per heavy atom. The number of nitrogens with one attached hydrogen (secondary N) is 1. The molecule has 0 saturated heterocycles. The Morgan fingerprint density at radius 1 is 0.714 bits per heavy atom. The van der Waals surface area contributed by atoms with Crippen molar-refractivity contribution < 1.29 is 27.9 Å². The van der Waals surface area contributed by atoms with Gasteiger partial charge >= 0.3 is 0 Å². The Morgan fingerprint density at radius 2 is 1.26 bits per heavy atom. The van der Waals surface area contributed by atoms with Gasteiger partial charge in [-0.3, -0.25) is 34.1 Å². The molecule has 5 rings (SSSR count). The first kappa shape index (κ1) is 27.9. The molecule has 0 unspecified atom stereocenters. The van der Waals surface area contributed by atoms with Crippen molar-refractivity contribution in [2.24, 2.45) is 0 Å². The molecule has 12 nitrogen and oxygen atoms in total. The number of nitro groups is 2. The van der Waals surface area contributed by atoms with Gasteiger partial charge in [-0.2, -0.15) is 0 Å². The summed E-state index contributed by atoms with van der Waals surface area (Å²) >= 11 is 0. The highest BCUT2D eigenvalue weighted by Gasteiger charge is 2.41. The number of hydrogen-bond donors (Lipinski definition) is 1. The molecule has 1 N–H and O–H groups in total. The van der Waals surface area contributed by atoms with Crippen LogP contribution in [0.1, 0.15) is 26.3 Å². The van der Waals surface area contributed by atoms with Crippen molar-refractivity contribution in [2.75, 3.05) is 11.9 Å². The lowest BCUT2D eigenvalue weighted by Gasteiger charge is -2.33. The van der Waals surface area contributed by atoms with Gasteiger partial charge in [-0.05, 0) is 30.3 Å². The highest BCUT2D eigenvalue weighted by Crippen LogP contribution is 2.39. The van der Waals surface area contributed by atoms with Crippen LogP contribution in [0.3, 0.4) is 0 Å². The topological polar surface area (TPSA) is 170 Å². The lowest BCUT2D eigenvalue weighted by molar-refractivity contribution is -0.385. The number of hydrogen-bond acceptors (Lipinski definition) is 9. The number of anilines is 1. The fraction of sp³-hybridized carbons (Fsp3) is 0.0345. The molecule has 1 heterocycles. The second kappa shape index (κ2) is 11.1. The number of carbonyl (C=O) groups is 2. The molecule has 4 aromatic rings. The molecule has 13 heteroatoms. The summed E-state index contributed by atoms with van der Waals surface area (Å²) in [6.45, 7) is -0.784. The third kappa shape index (κ3) is 5.23. The quantitative estimate of drug-likeness (QED) is 0.161.